The van der Waals surface area contributed by atoms with Crippen LogP contribution in [-0.4, -0.2) is 33.5 Å². The summed E-state index contributed by atoms with van der Waals surface area (Å²) in [5.41, 5.74) is 0.490. The number of carbonyl (C=O) groups is 2. The van der Waals surface area contributed by atoms with Crippen molar-refractivity contribution in [2.24, 2.45) is 0 Å². The Balaban J connectivity index is 2.47. The first kappa shape index (κ1) is 13.8. The van der Waals surface area contributed by atoms with E-state index in [1.165, 1.54) is 17.1 Å². The summed E-state index contributed by atoms with van der Waals surface area (Å²) in [5, 5.41) is 2.96. The van der Waals surface area contributed by atoms with Gasteiger partial charge in [-0.15, -0.1) is 0 Å². The molecule has 2 unspecified atom stereocenters. The number of anilines is 1. The fourth-order valence-corrected chi connectivity index (χ4v) is 2.85. The number of alkyl halides is 2. The topological polar surface area (TPSA) is 40.6 Å². The molecule has 0 aliphatic carbocycles. The third-order valence-electron chi connectivity index (χ3n) is 2.64. The summed E-state index contributed by atoms with van der Waals surface area (Å²) >= 11 is 12.5. The summed E-state index contributed by atoms with van der Waals surface area (Å²) in [5.74, 6) is -0.455. The molecule has 96 valence electrons. The van der Waals surface area contributed by atoms with Crippen molar-refractivity contribution in [3.8, 4) is 0 Å². The molecular weight excluding hydrogens is 387 g/mol. The van der Waals surface area contributed by atoms with E-state index in [0.29, 0.717) is 10.7 Å². The fraction of sp³-hybridized carbons (Fsp3) is 0.273. The Bertz CT molecular complexity index is 512. The average Bonchev–Trinajstić information content (AvgIpc) is 2.36. The third kappa shape index (κ3) is 2.17. The van der Waals surface area contributed by atoms with Crippen LogP contribution in [0.15, 0.2) is 24.3 Å². The fourth-order valence-electron chi connectivity index (χ4n) is 1.70. The molecule has 1 aliphatic heterocycles. The molecule has 1 aliphatic rings. The predicted octanol–water partition coefficient (Wildman–Crippen LogP) is 2.59. The first-order valence-corrected chi connectivity index (χ1v) is 7.30. The zero-order chi connectivity index (χ0) is 13.4. The predicted molar refractivity (Wildman–Crippen MR) is 77.1 cm³/mol. The summed E-state index contributed by atoms with van der Waals surface area (Å²) in [4.78, 5) is 23.0. The minimum atomic E-state index is -0.613. The summed E-state index contributed by atoms with van der Waals surface area (Å²) < 4.78 is 0. The smallest absolute Gasteiger partial charge is 0.261 e. The maximum atomic E-state index is 12.2. The summed E-state index contributed by atoms with van der Waals surface area (Å²) in [6.45, 7) is 0. The standard InChI is InChI=1S/C11H9Br2ClN2O2/c1-15-10(17)8(12)9(13)11(18)16(15)7-5-3-2-4-6(7)14/h2-5,8-9H,1H3. The van der Waals surface area contributed by atoms with Crippen LogP contribution in [0.1, 0.15) is 0 Å². The Labute approximate surface area is 126 Å². The van der Waals surface area contributed by atoms with E-state index in [9.17, 15) is 9.59 Å². The van der Waals surface area contributed by atoms with Crippen molar-refractivity contribution in [2.45, 2.75) is 9.65 Å². The largest absolute Gasteiger partial charge is 0.272 e. The van der Waals surface area contributed by atoms with Crippen molar-refractivity contribution in [1.82, 2.24) is 5.01 Å². The van der Waals surface area contributed by atoms with E-state index in [1.807, 2.05) is 0 Å². The van der Waals surface area contributed by atoms with Crippen molar-refractivity contribution in [3.63, 3.8) is 0 Å². The number of hydrogen-bond acceptors (Lipinski definition) is 2. The molecule has 2 amide bonds. The Morgan fingerprint density at radius 3 is 2.28 bits per heavy atom. The maximum absolute atomic E-state index is 12.2. The lowest BCUT2D eigenvalue weighted by molar-refractivity contribution is -0.139. The van der Waals surface area contributed by atoms with Gasteiger partial charge in [0, 0.05) is 7.05 Å². The van der Waals surface area contributed by atoms with Crippen LogP contribution in [0.2, 0.25) is 5.02 Å². The van der Waals surface area contributed by atoms with Crippen LogP contribution in [-0.2, 0) is 9.59 Å². The number of hydrogen-bond donors (Lipinski definition) is 0. The van der Waals surface area contributed by atoms with E-state index < -0.39 is 9.65 Å². The average molecular weight is 396 g/mol. The number of carbonyl (C=O) groups excluding carboxylic acids is 2. The molecule has 2 atom stereocenters. The van der Waals surface area contributed by atoms with E-state index in [2.05, 4.69) is 31.9 Å². The van der Waals surface area contributed by atoms with Crippen molar-refractivity contribution in [3.05, 3.63) is 29.3 Å². The molecule has 0 radical (unpaired) electrons. The Hall–Kier alpha value is -0.590. The van der Waals surface area contributed by atoms with E-state index in [0.717, 1.165) is 0 Å². The van der Waals surface area contributed by atoms with E-state index in [1.54, 1.807) is 24.3 Å². The molecule has 0 aromatic heterocycles. The lowest BCUT2D eigenvalue weighted by Gasteiger charge is -2.39. The molecule has 2 rings (SSSR count). The number of benzene rings is 1. The van der Waals surface area contributed by atoms with Crippen LogP contribution in [0.3, 0.4) is 0 Å². The van der Waals surface area contributed by atoms with Crippen LogP contribution in [0.25, 0.3) is 0 Å². The van der Waals surface area contributed by atoms with Gasteiger partial charge in [-0.3, -0.25) is 9.59 Å². The lowest BCUT2D eigenvalue weighted by Crippen LogP contribution is -2.61. The minimum Gasteiger partial charge on any atom is -0.272 e. The second-order valence-corrected chi connectivity index (χ2v) is 6.15. The normalized spacial score (nSPS) is 24.7. The van der Waals surface area contributed by atoms with Crippen LogP contribution < -0.4 is 5.01 Å². The van der Waals surface area contributed by atoms with Gasteiger partial charge in [-0.25, -0.2) is 10.0 Å². The molecule has 0 spiro atoms. The Kier molecular flexibility index (Phi) is 3.99. The first-order chi connectivity index (χ1) is 8.45. The van der Waals surface area contributed by atoms with Gasteiger partial charge in [0.05, 0.1) is 10.7 Å². The van der Waals surface area contributed by atoms with Gasteiger partial charge < -0.3 is 0 Å². The molecule has 18 heavy (non-hydrogen) atoms. The highest BCUT2D eigenvalue weighted by atomic mass is 79.9. The highest BCUT2D eigenvalue weighted by molar-refractivity contribution is 9.12. The molecule has 0 bridgehead atoms. The number of rotatable bonds is 1. The Morgan fingerprint density at radius 1 is 1.11 bits per heavy atom. The zero-order valence-corrected chi connectivity index (χ0v) is 13.2. The van der Waals surface area contributed by atoms with Gasteiger partial charge in [-0.2, -0.15) is 0 Å². The molecule has 1 heterocycles. The third-order valence-corrected chi connectivity index (χ3v) is 5.51. The summed E-state index contributed by atoms with van der Waals surface area (Å²) in [6.07, 6.45) is 0. The van der Waals surface area contributed by atoms with Crippen LogP contribution in [0.4, 0.5) is 5.69 Å². The minimum absolute atomic E-state index is 0.212. The van der Waals surface area contributed by atoms with Gasteiger partial charge in [0.25, 0.3) is 11.8 Å². The second kappa shape index (κ2) is 5.19. The molecule has 1 aromatic carbocycles. The van der Waals surface area contributed by atoms with E-state index in [4.69, 9.17) is 11.6 Å². The summed E-state index contributed by atoms with van der Waals surface area (Å²) in [6, 6.07) is 6.89. The number of hydrazine groups is 1. The molecular formula is C11H9Br2ClN2O2. The van der Waals surface area contributed by atoms with Crippen LogP contribution in [0, 0.1) is 0 Å². The first-order valence-electron chi connectivity index (χ1n) is 5.09. The van der Waals surface area contributed by atoms with Crippen LogP contribution in [0.5, 0.6) is 0 Å². The molecule has 0 N–H and O–H groups in total. The van der Waals surface area contributed by atoms with Gasteiger partial charge in [-0.05, 0) is 12.1 Å². The van der Waals surface area contributed by atoms with Crippen molar-refractivity contribution < 1.29 is 9.59 Å². The van der Waals surface area contributed by atoms with Crippen molar-refractivity contribution in [1.29, 1.82) is 0 Å². The van der Waals surface area contributed by atoms with Crippen molar-refractivity contribution >= 4 is 61.0 Å². The molecule has 0 saturated carbocycles. The number of amides is 2. The van der Waals surface area contributed by atoms with Gasteiger partial charge in [0.15, 0.2) is 0 Å². The molecule has 1 aromatic rings. The monoisotopic (exact) mass is 394 g/mol. The molecule has 1 fully saturated rings. The summed E-state index contributed by atoms with van der Waals surface area (Å²) in [7, 11) is 1.54. The second-order valence-electron chi connectivity index (χ2n) is 3.77. The number of halogens is 3. The highest BCUT2D eigenvalue weighted by Crippen LogP contribution is 2.33. The van der Waals surface area contributed by atoms with Crippen molar-refractivity contribution in [2.75, 3.05) is 12.1 Å². The maximum Gasteiger partial charge on any atom is 0.261 e. The van der Waals surface area contributed by atoms with Gasteiger partial charge in [-0.1, -0.05) is 55.6 Å². The van der Waals surface area contributed by atoms with Gasteiger partial charge >= 0.3 is 0 Å². The van der Waals surface area contributed by atoms with E-state index >= 15 is 0 Å². The van der Waals surface area contributed by atoms with Crippen LogP contribution >= 0.6 is 43.5 Å². The molecule has 1 saturated heterocycles. The molecule has 7 heteroatoms. The Morgan fingerprint density at radius 2 is 1.67 bits per heavy atom. The van der Waals surface area contributed by atoms with E-state index in [-0.39, 0.29) is 11.8 Å². The van der Waals surface area contributed by atoms with Gasteiger partial charge in [0.2, 0.25) is 0 Å². The molecule has 4 nitrogen and oxygen atoms in total. The van der Waals surface area contributed by atoms with Gasteiger partial charge in [0.1, 0.15) is 9.65 Å². The SMILES string of the molecule is CN1C(=O)C(Br)C(Br)C(=O)N1c1ccccc1Cl. The highest BCUT2D eigenvalue weighted by Gasteiger charge is 2.43. The number of para-hydroxylation sites is 1. The lowest BCUT2D eigenvalue weighted by atomic mass is 10.2. The number of nitrogens with zero attached hydrogens (tertiary/aromatic N) is 2. The quantitative estimate of drug-likeness (QED) is 0.685. The zero-order valence-electron chi connectivity index (χ0n) is 9.31.